The van der Waals surface area contributed by atoms with Crippen LogP contribution in [0.2, 0.25) is 0 Å². The van der Waals surface area contributed by atoms with Crippen molar-refractivity contribution >= 4 is 66.1 Å². The van der Waals surface area contributed by atoms with Crippen molar-refractivity contribution in [2.24, 2.45) is 5.73 Å². The summed E-state index contributed by atoms with van der Waals surface area (Å²) in [5.41, 5.74) is 7.66. The van der Waals surface area contributed by atoms with Crippen LogP contribution in [0.4, 0.5) is 11.5 Å². The van der Waals surface area contributed by atoms with Gasteiger partial charge in [-0.2, -0.15) is 11.3 Å². The van der Waals surface area contributed by atoms with Crippen LogP contribution >= 0.6 is 38.6 Å². The summed E-state index contributed by atoms with van der Waals surface area (Å²) in [6.07, 6.45) is 0. The van der Waals surface area contributed by atoms with Crippen LogP contribution in [0.3, 0.4) is 0 Å². The standard InChI is InChI=1S/C17H11BrN4OS2/c18-10-3-1-9(2-4-10)13-7-12-15(25-13)14(16(19)23)21-22-17(12)20-11-5-6-24-8-11/h1-8H,(H2,19,23)(H,20,22). The molecular formula is C17H11BrN4OS2. The SMILES string of the molecule is NC(=O)c1nnc(Nc2ccsc2)c2cc(-c3ccc(Br)cc3)sc12. The Morgan fingerprint density at radius 1 is 1.16 bits per heavy atom. The summed E-state index contributed by atoms with van der Waals surface area (Å²) in [7, 11) is 0. The summed E-state index contributed by atoms with van der Waals surface area (Å²) in [5, 5.41) is 16.2. The third kappa shape index (κ3) is 3.15. The van der Waals surface area contributed by atoms with E-state index in [0.717, 1.165) is 30.7 Å². The van der Waals surface area contributed by atoms with Crippen molar-refractivity contribution in [3.63, 3.8) is 0 Å². The van der Waals surface area contributed by atoms with Gasteiger partial charge in [0.25, 0.3) is 5.91 Å². The number of anilines is 2. The molecule has 3 aromatic heterocycles. The Bertz CT molecular complexity index is 1060. The normalized spacial score (nSPS) is 10.9. The number of amides is 1. The maximum Gasteiger partial charge on any atom is 0.270 e. The van der Waals surface area contributed by atoms with Gasteiger partial charge in [-0.3, -0.25) is 4.79 Å². The molecule has 0 atom stereocenters. The number of nitrogens with one attached hydrogen (secondary N) is 1. The highest BCUT2D eigenvalue weighted by atomic mass is 79.9. The number of hydrogen-bond donors (Lipinski definition) is 2. The monoisotopic (exact) mass is 430 g/mol. The van der Waals surface area contributed by atoms with Gasteiger partial charge in [0.15, 0.2) is 11.5 Å². The molecule has 5 nitrogen and oxygen atoms in total. The van der Waals surface area contributed by atoms with Crippen LogP contribution in [-0.4, -0.2) is 16.1 Å². The fraction of sp³-hybridized carbons (Fsp3) is 0. The fourth-order valence-corrected chi connectivity index (χ4v) is 4.43. The maximum atomic E-state index is 11.7. The molecule has 4 aromatic rings. The number of benzene rings is 1. The summed E-state index contributed by atoms with van der Waals surface area (Å²) in [5.74, 6) is 0.0294. The van der Waals surface area contributed by atoms with Gasteiger partial charge >= 0.3 is 0 Å². The molecule has 124 valence electrons. The third-order valence-corrected chi connectivity index (χ3v) is 6.00. The van der Waals surface area contributed by atoms with Crippen molar-refractivity contribution in [1.82, 2.24) is 10.2 Å². The Morgan fingerprint density at radius 2 is 1.96 bits per heavy atom. The van der Waals surface area contributed by atoms with Crippen molar-refractivity contribution in [2.45, 2.75) is 0 Å². The number of nitrogens with two attached hydrogens (primary N) is 1. The van der Waals surface area contributed by atoms with Gasteiger partial charge in [-0.25, -0.2) is 0 Å². The molecular weight excluding hydrogens is 420 g/mol. The highest BCUT2D eigenvalue weighted by Gasteiger charge is 2.18. The molecule has 0 spiro atoms. The van der Waals surface area contributed by atoms with Crippen molar-refractivity contribution in [3.8, 4) is 10.4 Å². The number of fused-ring (bicyclic) bond motifs is 1. The van der Waals surface area contributed by atoms with Crippen LogP contribution < -0.4 is 11.1 Å². The number of nitrogens with zero attached hydrogens (tertiary/aromatic N) is 2. The number of rotatable bonds is 4. The number of carbonyl (C=O) groups excluding carboxylic acids is 1. The molecule has 0 fully saturated rings. The van der Waals surface area contributed by atoms with Gasteiger partial charge in [-0.1, -0.05) is 28.1 Å². The second-order valence-electron chi connectivity index (χ2n) is 5.26. The average molecular weight is 431 g/mol. The zero-order valence-electron chi connectivity index (χ0n) is 12.7. The molecule has 3 N–H and O–H groups in total. The molecule has 1 aromatic carbocycles. The highest BCUT2D eigenvalue weighted by molar-refractivity contribution is 9.10. The number of thiophene rings is 2. The van der Waals surface area contributed by atoms with Crippen molar-refractivity contribution in [2.75, 3.05) is 5.32 Å². The lowest BCUT2D eigenvalue weighted by atomic mass is 10.1. The lowest BCUT2D eigenvalue weighted by Gasteiger charge is -2.05. The van der Waals surface area contributed by atoms with Gasteiger partial charge in [0, 0.05) is 20.1 Å². The summed E-state index contributed by atoms with van der Waals surface area (Å²) < 4.78 is 1.75. The Balaban J connectivity index is 1.88. The minimum atomic E-state index is -0.580. The smallest absolute Gasteiger partial charge is 0.270 e. The van der Waals surface area contributed by atoms with E-state index in [1.54, 1.807) is 11.3 Å². The zero-order chi connectivity index (χ0) is 17.4. The first kappa shape index (κ1) is 16.2. The minimum absolute atomic E-state index is 0.194. The molecule has 0 aliphatic rings. The number of hydrogen-bond acceptors (Lipinski definition) is 6. The molecule has 0 unspecified atom stereocenters. The van der Waals surface area contributed by atoms with E-state index in [9.17, 15) is 4.79 Å². The Morgan fingerprint density at radius 3 is 2.64 bits per heavy atom. The minimum Gasteiger partial charge on any atom is -0.364 e. The number of primary amides is 1. The molecule has 0 saturated carbocycles. The van der Waals surface area contributed by atoms with Gasteiger partial charge in [0.2, 0.25) is 0 Å². The molecule has 1 amide bonds. The van der Waals surface area contributed by atoms with Gasteiger partial charge in [0.1, 0.15) is 0 Å². The van der Waals surface area contributed by atoms with E-state index in [0.29, 0.717) is 5.82 Å². The second-order valence-corrected chi connectivity index (χ2v) is 8.01. The Labute approximate surface area is 159 Å². The molecule has 0 aliphatic heterocycles. The third-order valence-electron chi connectivity index (χ3n) is 3.60. The predicted octanol–water partition coefficient (Wildman–Crippen LogP) is 5.02. The van der Waals surface area contributed by atoms with Gasteiger partial charge < -0.3 is 11.1 Å². The summed E-state index contributed by atoms with van der Waals surface area (Å²) in [6.45, 7) is 0. The highest BCUT2D eigenvalue weighted by Crippen LogP contribution is 2.38. The molecule has 8 heteroatoms. The van der Waals surface area contributed by atoms with E-state index in [1.807, 2.05) is 47.2 Å². The van der Waals surface area contributed by atoms with E-state index < -0.39 is 5.91 Å². The van der Waals surface area contributed by atoms with Crippen LogP contribution in [0, 0.1) is 0 Å². The molecule has 3 heterocycles. The molecule has 25 heavy (non-hydrogen) atoms. The lowest BCUT2D eigenvalue weighted by Crippen LogP contribution is -2.14. The predicted molar refractivity (Wildman–Crippen MR) is 107 cm³/mol. The second kappa shape index (κ2) is 6.55. The van der Waals surface area contributed by atoms with E-state index in [1.165, 1.54) is 11.3 Å². The molecule has 0 bridgehead atoms. The quantitative estimate of drug-likeness (QED) is 0.475. The van der Waals surface area contributed by atoms with Crippen molar-refractivity contribution in [1.29, 1.82) is 0 Å². The van der Waals surface area contributed by atoms with Crippen LogP contribution in [0.5, 0.6) is 0 Å². The molecule has 0 aliphatic carbocycles. The first-order valence-corrected chi connectivity index (χ1v) is 9.82. The summed E-state index contributed by atoms with van der Waals surface area (Å²) in [4.78, 5) is 12.8. The number of aromatic nitrogens is 2. The van der Waals surface area contributed by atoms with E-state index >= 15 is 0 Å². The maximum absolute atomic E-state index is 11.7. The largest absolute Gasteiger partial charge is 0.364 e. The zero-order valence-corrected chi connectivity index (χ0v) is 15.9. The molecule has 4 rings (SSSR count). The average Bonchev–Trinajstić information content (AvgIpc) is 3.25. The van der Waals surface area contributed by atoms with Crippen LogP contribution in [-0.2, 0) is 0 Å². The van der Waals surface area contributed by atoms with Crippen LogP contribution in [0.1, 0.15) is 10.5 Å². The van der Waals surface area contributed by atoms with Crippen molar-refractivity contribution < 1.29 is 4.79 Å². The molecule has 0 saturated heterocycles. The van der Waals surface area contributed by atoms with E-state index in [-0.39, 0.29) is 5.69 Å². The Kier molecular flexibility index (Phi) is 4.24. The Hall–Kier alpha value is -2.29. The first-order chi connectivity index (χ1) is 12.1. The van der Waals surface area contributed by atoms with E-state index in [4.69, 9.17) is 5.73 Å². The topological polar surface area (TPSA) is 80.9 Å². The summed E-state index contributed by atoms with van der Waals surface area (Å²) in [6, 6.07) is 12.0. The van der Waals surface area contributed by atoms with Crippen LogP contribution in [0.25, 0.3) is 20.5 Å². The van der Waals surface area contributed by atoms with Crippen LogP contribution in [0.15, 0.2) is 51.6 Å². The first-order valence-electron chi connectivity index (χ1n) is 7.27. The van der Waals surface area contributed by atoms with Gasteiger partial charge in [0.05, 0.1) is 10.4 Å². The fourth-order valence-electron chi connectivity index (χ4n) is 2.42. The van der Waals surface area contributed by atoms with Gasteiger partial charge in [-0.15, -0.1) is 21.5 Å². The lowest BCUT2D eigenvalue weighted by molar-refractivity contribution is 0.0996. The van der Waals surface area contributed by atoms with E-state index in [2.05, 4.69) is 31.4 Å². The number of halogens is 1. The number of carbonyl (C=O) groups is 1. The molecule has 0 radical (unpaired) electrons. The summed E-state index contributed by atoms with van der Waals surface area (Å²) >= 11 is 6.51. The van der Waals surface area contributed by atoms with Gasteiger partial charge in [-0.05, 0) is 35.2 Å². The van der Waals surface area contributed by atoms with Crippen molar-refractivity contribution in [3.05, 3.63) is 57.3 Å².